The van der Waals surface area contributed by atoms with Crippen molar-refractivity contribution < 1.29 is 14.1 Å². The van der Waals surface area contributed by atoms with Crippen LogP contribution in [0.15, 0.2) is 4.52 Å². The van der Waals surface area contributed by atoms with E-state index in [0.29, 0.717) is 37.6 Å². The summed E-state index contributed by atoms with van der Waals surface area (Å²) in [4.78, 5) is 32.9. The predicted octanol–water partition coefficient (Wildman–Crippen LogP) is 0.577. The minimum absolute atomic E-state index is 0.00482. The molecule has 0 radical (unpaired) electrons. The van der Waals surface area contributed by atoms with E-state index in [9.17, 15) is 9.59 Å². The molecule has 1 saturated carbocycles. The van der Waals surface area contributed by atoms with Gasteiger partial charge in [-0.15, -0.1) is 0 Å². The number of nitrogens with one attached hydrogen (secondary N) is 2. The van der Waals surface area contributed by atoms with Crippen molar-refractivity contribution in [2.24, 2.45) is 0 Å². The lowest BCUT2D eigenvalue weighted by Gasteiger charge is -2.51. The monoisotopic (exact) mass is 362 g/mol. The molecule has 2 atom stereocenters. The molecule has 0 aromatic carbocycles. The number of likely N-dealkylation sites (N-methyl/N-ethyl adjacent to an activating group) is 1. The fraction of sp³-hybridized carbons (Fsp3) is 0.765. The number of hydrogen-bond acceptors (Lipinski definition) is 6. The fourth-order valence-corrected chi connectivity index (χ4v) is 4.23. The van der Waals surface area contributed by atoms with Crippen molar-refractivity contribution in [1.29, 1.82) is 0 Å². The van der Waals surface area contributed by atoms with Crippen LogP contribution >= 0.6 is 0 Å². The zero-order valence-electron chi connectivity index (χ0n) is 15.3. The van der Waals surface area contributed by atoms with E-state index in [4.69, 9.17) is 4.52 Å². The lowest BCUT2D eigenvalue weighted by atomic mass is 9.68. The Labute approximate surface area is 152 Å². The van der Waals surface area contributed by atoms with Gasteiger partial charge < -0.3 is 20.1 Å². The molecule has 3 heterocycles. The van der Waals surface area contributed by atoms with Crippen molar-refractivity contribution >= 4 is 11.9 Å². The number of piperidine rings is 1. The maximum atomic E-state index is 12.9. The topological polar surface area (TPSA) is 104 Å². The summed E-state index contributed by atoms with van der Waals surface area (Å²) in [6.07, 6.45) is 4.16. The molecule has 2 aliphatic heterocycles. The SMILES string of the molecule is Cc1noc(C2CN(C(=O)NC3CCC(=O)NC34CCC4)CCN2C)n1. The minimum Gasteiger partial charge on any atom is -0.349 e. The van der Waals surface area contributed by atoms with E-state index in [1.807, 2.05) is 11.9 Å². The van der Waals surface area contributed by atoms with Crippen molar-refractivity contribution in [3.8, 4) is 0 Å². The van der Waals surface area contributed by atoms with Crippen LogP contribution in [0.2, 0.25) is 0 Å². The van der Waals surface area contributed by atoms with Gasteiger partial charge in [0.25, 0.3) is 0 Å². The van der Waals surface area contributed by atoms with Gasteiger partial charge in [-0.05, 0) is 39.7 Å². The highest BCUT2D eigenvalue weighted by atomic mass is 16.5. The van der Waals surface area contributed by atoms with E-state index in [0.717, 1.165) is 25.8 Å². The maximum absolute atomic E-state index is 12.9. The Hall–Kier alpha value is -2.16. The van der Waals surface area contributed by atoms with Crippen LogP contribution in [0.3, 0.4) is 0 Å². The summed E-state index contributed by atoms with van der Waals surface area (Å²) in [7, 11) is 2.00. The first kappa shape index (κ1) is 17.3. The van der Waals surface area contributed by atoms with Crippen LogP contribution in [0.25, 0.3) is 0 Å². The summed E-state index contributed by atoms with van der Waals surface area (Å²) in [5.74, 6) is 1.24. The average molecular weight is 362 g/mol. The van der Waals surface area contributed by atoms with Crippen LogP contribution in [0.5, 0.6) is 0 Å². The predicted molar refractivity (Wildman–Crippen MR) is 92.3 cm³/mol. The number of carbonyl (C=O) groups is 2. The minimum atomic E-state index is -0.236. The molecule has 2 saturated heterocycles. The zero-order valence-corrected chi connectivity index (χ0v) is 15.3. The molecule has 3 amide bonds. The van der Waals surface area contributed by atoms with Gasteiger partial charge in [-0.3, -0.25) is 9.69 Å². The molecule has 1 aliphatic carbocycles. The van der Waals surface area contributed by atoms with Crippen LogP contribution in [0, 0.1) is 6.92 Å². The molecule has 3 aliphatic rings. The van der Waals surface area contributed by atoms with Gasteiger partial charge >= 0.3 is 6.03 Å². The zero-order chi connectivity index (χ0) is 18.3. The number of aromatic nitrogens is 2. The average Bonchev–Trinajstić information content (AvgIpc) is 3.01. The quantitative estimate of drug-likeness (QED) is 0.798. The fourth-order valence-electron chi connectivity index (χ4n) is 4.23. The van der Waals surface area contributed by atoms with E-state index in [-0.39, 0.29) is 29.6 Å². The molecule has 2 unspecified atom stereocenters. The molecule has 2 N–H and O–H groups in total. The summed E-state index contributed by atoms with van der Waals surface area (Å²) in [6, 6.07) is -0.170. The first-order valence-corrected chi connectivity index (χ1v) is 9.34. The number of piperazine rings is 1. The second-order valence-corrected chi connectivity index (χ2v) is 7.72. The van der Waals surface area contributed by atoms with Gasteiger partial charge in [0.2, 0.25) is 11.8 Å². The lowest BCUT2D eigenvalue weighted by molar-refractivity contribution is -0.127. The summed E-state index contributed by atoms with van der Waals surface area (Å²) < 4.78 is 5.31. The molecule has 1 aromatic heterocycles. The Morgan fingerprint density at radius 2 is 2.19 bits per heavy atom. The van der Waals surface area contributed by atoms with Crippen molar-refractivity contribution in [3.05, 3.63) is 11.7 Å². The summed E-state index contributed by atoms with van der Waals surface area (Å²) >= 11 is 0. The Morgan fingerprint density at radius 1 is 1.38 bits per heavy atom. The van der Waals surface area contributed by atoms with Gasteiger partial charge in [0.1, 0.15) is 6.04 Å². The largest absolute Gasteiger partial charge is 0.349 e. The molecule has 1 spiro atoms. The maximum Gasteiger partial charge on any atom is 0.317 e. The molecule has 9 nitrogen and oxygen atoms in total. The van der Waals surface area contributed by atoms with E-state index >= 15 is 0 Å². The molecule has 0 bridgehead atoms. The van der Waals surface area contributed by atoms with Crippen molar-refractivity contribution in [2.75, 3.05) is 26.7 Å². The van der Waals surface area contributed by atoms with E-state index < -0.39 is 0 Å². The first-order valence-electron chi connectivity index (χ1n) is 9.34. The Kier molecular flexibility index (Phi) is 4.34. The van der Waals surface area contributed by atoms with Crippen LogP contribution in [0.4, 0.5) is 4.79 Å². The van der Waals surface area contributed by atoms with Crippen LogP contribution < -0.4 is 10.6 Å². The first-order chi connectivity index (χ1) is 12.5. The van der Waals surface area contributed by atoms with E-state index in [1.54, 1.807) is 6.92 Å². The molecule has 4 rings (SSSR count). The third kappa shape index (κ3) is 3.04. The molecule has 3 fully saturated rings. The number of amides is 3. The summed E-state index contributed by atoms with van der Waals surface area (Å²) in [6.45, 7) is 3.69. The van der Waals surface area contributed by atoms with E-state index in [1.165, 1.54) is 0 Å². The lowest BCUT2D eigenvalue weighted by Crippen LogP contribution is -2.69. The second kappa shape index (κ2) is 6.53. The third-order valence-electron chi connectivity index (χ3n) is 6.02. The van der Waals surface area contributed by atoms with Gasteiger partial charge in [0.15, 0.2) is 5.82 Å². The highest BCUT2D eigenvalue weighted by Gasteiger charge is 2.48. The second-order valence-electron chi connectivity index (χ2n) is 7.72. The van der Waals surface area contributed by atoms with Gasteiger partial charge in [-0.25, -0.2) is 4.79 Å². The molecule has 26 heavy (non-hydrogen) atoms. The molecule has 142 valence electrons. The number of urea groups is 1. The third-order valence-corrected chi connectivity index (χ3v) is 6.02. The highest BCUT2D eigenvalue weighted by molar-refractivity contribution is 5.80. The molecule has 1 aromatic rings. The van der Waals surface area contributed by atoms with Crippen molar-refractivity contribution in [3.63, 3.8) is 0 Å². The Morgan fingerprint density at radius 3 is 2.85 bits per heavy atom. The summed E-state index contributed by atoms with van der Waals surface area (Å²) in [5.41, 5.74) is -0.236. The van der Waals surface area contributed by atoms with Gasteiger partial charge in [-0.2, -0.15) is 4.98 Å². The number of aryl methyl sites for hydroxylation is 1. The molecular weight excluding hydrogens is 336 g/mol. The number of rotatable bonds is 2. The molecular formula is C17H26N6O3. The van der Waals surface area contributed by atoms with Crippen LogP contribution in [-0.2, 0) is 4.79 Å². The van der Waals surface area contributed by atoms with Crippen molar-refractivity contribution in [2.45, 2.75) is 56.7 Å². The Bertz CT molecular complexity index is 700. The Balaban J connectivity index is 1.42. The normalized spacial score (nSPS) is 28.5. The van der Waals surface area contributed by atoms with Crippen LogP contribution in [-0.4, -0.2) is 70.1 Å². The number of carbonyl (C=O) groups excluding carboxylic acids is 2. The van der Waals surface area contributed by atoms with Gasteiger partial charge in [0.05, 0.1) is 11.6 Å². The molecule has 9 heteroatoms. The summed E-state index contributed by atoms with van der Waals surface area (Å²) in [5, 5.41) is 10.2. The number of hydrogen-bond donors (Lipinski definition) is 2. The van der Waals surface area contributed by atoms with E-state index in [2.05, 4.69) is 25.7 Å². The smallest absolute Gasteiger partial charge is 0.317 e. The highest BCUT2D eigenvalue weighted by Crippen LogP contribution is 2.39. The number of nitrogens with zero attached hydrogens (tertiary/aromatic N) is 4. The standard InChI is InChI=1S/C17H26N6O3/c1-11-18-15(26-21-11)12-10-23(9-8-22(12)2)16(25)19-13-4-5-14(24)20-17(13)6-3-7-17/h12-13H,3-10H2,1-2H3,(H,19,25)(H,20,24). The van der Waals surface area contributed by atoms with Gasteiger partial charge in [-0.1, -0.05) is 5.16 Å². The van der Waals surface area contributed by atoms with Crippen LogP contribution in [0.1, 0.15) is 49.9 Å². The van der Waals surface area contributed by atoms with Gasteiger partial charge in [0, 0.05) is 26.1 Å². The van der Waals surface area contributed by atoms with Crippen molar-refractivity contribution in [1.82, 2.24) is 30.6 Å².